The van der Waals surface area contributed by atoms with Crippen LogP contribution in [0.3, 0.4) is 0 Å². The van der Waals surface area contributed by atoms with Crippen molar-refractivity contribution in [3.05, 3.63) is 39.9 Å². The van der Waals surface area contributed by atoms with Gasteiger partial charge in [-0.25, -0.2) is 0 Å². The number of nitrogens with zero attached hydrogens (tertiary/aromatic N) is 1. The molecule has 0 aliphatic heterocycles. The van der Waals surface area contributed by atoms with Gasteiger partial charge >= 0.3 is 0 Å². The predicted octanol–water partition coefficient (Wildman–Crippen LogP) is 1.68. The van der Waals surface area contributed by atoms with E-state index in [9.17, 15) is 10.1 Å². The van der Waals surface area contributed by atoms with E-state index in [1.165, 1.54) is 6.07 Å². The Bertz CT molecular complexity index is 355. The number of nitrogens with one attached hydrogen (secondary N) is 2. The van der Waals surface area contributed by atoms with Gasteiger partial charge in [-0.2, -0.15) is 0 Å². The molecular formula is C12H19N3O2. The van der Waals surface area contributed by atoms with Gasteiger partial charge < -0.3 is 10.6 Å². The molecule has 1 aromatic carbocycles. The molecule has 17 heavy (non-hydrogen) atoms. The van der Waals surface area contributed by atoms with Crippen LogP contribution < -0.4 is 10.6 Å². The molecule has 0 aliphatic rings. The van der Waals surface area contributed by atoms with Crippen LogP contribution in [-0.2, 0) is 6.54 Å². The number of benzene rings is 1. The van der Waals surface area contributed by atoms with Crippen molar-refractivity contribution in [2.75, 3.05) is 19.6 Å². The Hall–Kier alpha value is -1.46. The van der Waals surface area contributed by atoms with E-state index in [-0.39, 0.29) is 10.6 Å². The minimum atomic E-state index is -0.366. The summed E-state index contributed by atoms with van der Waals surface area (Å²) in [6, 6.07) is 6.73. The Morgan fingerprint density at radius 3 is 2.76 bits per heavy atom. The quantitative estimate of drug-likeness (QED) is 0.410. The molecule has 0 aliphatic carbocycles. The molecule has 0 amide bonds. The van der Waals surface area contributed by atoms with Crippen molar-refractivity contribution in [2.24, 2.45) is 0 Å². The molecule has 94 valence electrons. The smallest absolute Gasteiger partial charge is 0.269 e. The molecule has 0 aromatic heterocycles. The van der Waals surface area contributed by atoms with Crippen LogP contribution in [0.2, 0.25) is 0 Å². The summed E-state index contributed by atoms with van der Waals surface area (Å²) < 4.78 is 0. The fraction of sp³-hybridized carbons (Fsp3) is 0.500. The third-order valence-electron chi connectivity index (χ3n) is 2.41. The van der Waals surface area contributed by atoms with Gasteiger partial charge in [-0.1, -0.05) is 19.1 Å². The van der Waals surface area contributed by atoms with Gasteiger partial charge in [-0.05, 0) is 31.6 Å². The molecule has 0 radical (unpaired) electrons. The molecule has 1 rings (SSSR count). The second-order valence-electron chi connectivity index (χ2n) is 3.81. The summed E-state index contributed by atoms with van der Waals surface area (Å²) in [5.41, 5.74) is 1.10. The molecule has 0 saturated heterocycles. The first-order valence-electron chi connectivity index (χ1n) is 5.88. The van der Waals surface area contributed by atoms with E-state index in [0.29, 0.717) is 6.54 Å². The molecular weight excluding hydrogens is 218 g/mol. The van der Waals surface area contributed by atoms with Crippen LogP contribution >= 0.6 is 0 Å². The molecule has 2 N–H and O–H groups in total. The van der Waals surface area contributed by atoms with Crippen molar-refractivity contribution in [3.8, 4) is 0 Å². The summed E-state index contributed by atoms with van der Waals surface area (Å²) in [4.78, 5) is 10.2. The Balaban J connectivity index is 2.27. The van der Waals surface area contributed by atoms with Crippen molar-refractivity contribution in [1.82, 2.24) is 10.6 Å². The highest BCUT2D eigenvalue weighted by Crippen LogP contribution is 2.12. The summed E-state index contributed by atoms with van der Waals surface area (Å²) in [6.07, 6.45) is 1.06. The number of rotatable bonds is 8. The molecule has 1 aromatic rings. The zero-order valence-electron chi connectivity index (χ0n) is 10.1. The van der Waals surface area contributed by atoms with Crippen LogP contribution in [0.25, 0.3) is 0 Å². The number of non-ortho nitro benzene ring substituents is 1. The van der Waals surface area contributed by atoms with E-state index >= 15 is 0 Å². The van der Waals surface area contributed by atoms with Crippen molar-refractivity contribution < 1.29 is 4.92 Å². The van der Waals surface area contributed by atoms with E-state index in [2.05, 4.69) is 17.6 Å². The van der Waals surface area contributed by atoms with Gasteiger partial charge in [-0.15, -0.1) is 0 Å². The van der Waals surface area contributed by atoms with E-state index in [1.54, 1.807) is 12.1 Å². The molecule has 0 saturated carbocycles. The topological polar surface area (TPSA) is 67.2 Å². The maximum atomic E-state index is 10.6. The zero-order valence-corrected chi connectivity index (χ0v) is 10.1. The SMILES string of the molecule is CCNCCCNCc1cccc([N+](=O)[O-])c1. The Morgan fingerprint density at radius 1 is 1.29 bits per heavy atom. The van der Waals surface area contributed by atoms with Crippen LogP contribution in [0.5, 0.6) is 0 Å². The first-order valence-corrected chi connectivity index (χ1v) is 5.88. The largest absolute Gasteiger partial charge is 0.317 e. The van der Waals surface area contributed by atoms with Crippen molar-refractivity contribution >= 4 is 5.69 Å². The lowest BCUT2D eigenvalue weighted by atomic mass is 10.2. The fourth-order valence-corrected chi connectivity index (χ4v) is 1.53. The molecule has 0 atom stereocenters. The van der Waals surface area contributed by atoms with Crippen LogP contribution in [-0.4, -0.2) is 24.6 Å². The van der Waals surface area contributed by atoms with E-state index in [1.807, 2.05) is 6.07 Å². The maximum Gasteiger partial charge on any atom is 0.269 e. The normalized spacial score (nSPS) is 10.4. The highest BCUT2D eigenvalue weighted by atomic mass is 16.6. The highest BCUT2D eigenvalue weighted by molar-refractivity contribution is 5.34. The molecule has 0 heterocycles. The van der Waals surface area contributed by atoms with Gasteiger partial charge in [0.2, 0.25) is 0 Å². The maximum absolute atomic E-state index is 10.6. The number of nitro benzene ring substituents is 1. The van der Waals surface area contributed by atoms with Crippen molar-refractivity contribution in [3.63, 3.8) is 0 Å². The van der Waals surface area contributed by atoms with Crippen LogP contribution in [0.15, 0.2) is 24.3 Å². The average Bonchev–Trinajstić information content (AvgIpc) is 2.34. The van der Waals surface area contributed by atoms with Gasteiger partial charge in [-0.3, -0.25) is 10.1 Å². The second kappa shape index (κ2) is 7.76. The predicted molar refractivity (Wildman–Crippen MR) is 68.0 cm³/mol. The Kier molecular flexibility index (Phi) is 6.21. The lowest BCUT2D eigenvalue weighted by molar-refractivity contribution is -0.384. The van der Waals surface area contributed by atoms with Crippen LogP contribution in [0.1, 0.15) is 18.9 Å². The molecule has 0 bridgehead atoms. The Morgan fingerprint density at radius 2 is 2.06 bits per heavy atom. The summed E-state index contributed by atoms with van der Waals surface area (Å²) in [5.74, 6) is 0. The first kappa shape index (κ1) is 13.6. The van der Waals surface area contributed by atoms with Crippen LogP contribution in [0.4, 0.5) is 5.69 Å². The van der Waals surface area contributed by atoms with E-state index in [4.69, 9.17) is 0 Å². The monoisotopic (exact) mass is 237 g/mol. The molecule has 5 nitrogen and oxygen atoms in total. The lowest BCUT2D eigenvalue weighted by Crippen LogP contribution is -2.21. The van der Waals surface area contributed by atoms with Crippen LogP contribution in [0, 0.1) is 10.1 Å². The zero-order chi connectivity index (χ0) is 12.5. The molecule has 5 heteroatoms. The van der Waals surface area contributed by atoms with Gasteiger partial charge in [0.05, 0.1) is 4.92 Å². The summed E-state index contributed by atoms with van der Waals surface area (Å²) in [7, 11) is 0. The van der Waals surface area contributed by atoms with Crippen molar-refractivity contribution in [2.45, 2.75) is 19.9 Å². The third-order valence-corrected chi connectivity index (χ3v) is 2.41. The minimum absolute atomic E-state index is 0.150. The molecule has 0 spiro atoms. The second-order valence-corrected chi connectivity index (χ2v) is 3.81. The standard InChI is InChI=1S/C12H19N3O2/c1-2-13-7-4-8-14-10-11-5-3-6-12(9-11)15(16)17/h3,5-6,9,13-14H,2,4,7-8,10H2,1H3. The van der Waals surface area contributed by atoms with Crippen molar-refractivity contribution in [1.29, 1.82) is 0 Å². The lowest BCUT2D eigenvalue weighted by Gasteiger charge is -2.05. The summed E-state index contributed by atoms with van der Waals surface area (Å²) in [5, 5.41) is 17.1. The molecule has 0 unspecified atom stereocenters. The van der Waals surface area contributed by atoms with Gasteiger partial charge in [0.15, 0.2) is 0 Å². The van der Waals surface area contributed by atoms with E-state index in [0.717, 1.165) is 31.6 Å². The van der Waals surface area contributed by atoms with E-state index < -0.39 is 0 Å². The number of nitro groups is 1. The molecule has 0 fully saturated rings. The number of hydrogen-bond acceptors (Lipinski definition) is 4. The van der Waals surface area contributed by atoms with Gasteiger partial charge in [0.1, 0.15) is 0 Å². The fourth-order valence-electron chi connectivity index (χ4n) is 1.53. The van der Waals surface area contributed by atoms with Gasteiger partial charge in [0, 0.05) is 18.7 Å². The highest BCUT2D eigenvalue weighted by Gasteiger charge is 2.04. The summed E-state index contributed by atoms with van der Waals surface area (Å²) in [6.45, 7) is 5.66. The third kappa shape index (κ3) is 5.42. The first-order chi connectivity index (χ1) is 8.24. The van der Waals surface area contributed by atoms with Gasteiger partial charge in [0.25, 0.3) is 5.69 Å². The minimum Gasteiger partial charge on any atom is -0.317 e. The number of hydrogen-bond donors (Lipinski definition) is 2. The average molecular weight is 237 g/mol. The Labute approximate surface area is 101 Å². The summed E-state index contributed by atoms with van der Waals surface area (Å²) >= 11 is 0.